The van der Waals surface area contributed by atoms with Crippen LogP contribution in [0.5, 0.6) is 11.5 Å². The van der Waals surface area contributed by atoms with E-state index in [2.05, 4.69) is 21.8 Å². The molecule has 0 radical (unpaired) electrons. The summed E-state index contributed by atoms with van der Waals surface area (Å²) in [5.74, 6) is -1.68. The summed E-state index contributed by atoms with van der Waals surface area (Å²) in [6.07, 6.45) is -2.71. The third kappa shape index (κ3) is 7.07. The zero-order chi connectivity index (χ0) is 25.8. The second-order valence-corrected chi connectivity index (χ2v) is 8.48. The molecular formula is C22H25ClF4N4O4. The Balaban J connectivity index is 0.000000429. The minimum absolute atomic E-state index is 0.0443. The number of hydrogen-bond acceptors (Lipinski definition) is 7. The number of nitrogens with zero attached hydrogens (tertiary/aromatic N) is 4. The molecule has 3 heterocycles. The molecule has 2 aliphatic heterocycles. The fourth-order valence-corrected chi connectivity index (χ4v) is 3.96. The van der Waals surface area contributed by atoms with Gasteiger partial charge in [0.15, 0.2) is 22.5 Å². The first-order valence-corrected chi connectivity index (χ1v) is 11.1. The smallest absolute Gasteiger partial charge is 0.490 e. The number of carboxylic acid groups (broad SMARTS) is 1. The molecule has 0 bridgehead atoms. The van der Waals surface area contributed by atoms with Crippen LogP contribution in [0.15, 0.2) is 18.2 Å². The molecule has 0 saturated carbocycles. The lowest BCUT2D eigenvalue weighted by Gasteiger charge is -2.34. The zero-order valence-corrected chi connectivity index (χ0v) is 19.9. The molecule has 1 aromatic heterocycles. The molecule has 13 heteroatoms. The van der Waals surface area contributed by atoms with Crippen molar-refractivity contribution >= 4 is 23.4 Å². The van der Waals surface area contributed by atoms with Crippen molar-refractivity contribution in [2.75, 3.05) is 38.7 Å². The molecule has 2 aromatic rings. The van der Waals surface area contributed by atoms with Crippen molar-refractivity contribution in [3.8, 4) is 11.5 Å². The highest BCUT2D eigenvalue weighted by Crippen LogP contribution is 2.30. The number of hydrogen-bond donors (Lipinski definition) is 1. The first kappa shape index (κ1) is 26.7. The highest BCUT2D eigenvalue weighted by molar-refractivity contribution is 6.31. The van der Waals surface area contributed by atoms with Gasteiger partial charge in [-0.05, 0) is 19.2 Å². The molecule has 35 heavy (non-hydrogen) atoms. The van der Waals surface area contributed by atoms with E-state index in [1.165, 1.54) is 13.2 Å². The van der Waals surface area contributed by atoms with Gasteiger partial charge in [0.1, 0.15) is 11.9 Å². The van der Waals surface area contributed by atoms with Gasteiger partial charge in [0.05, 0.1) is 18.5 Å². The lowest BCUT2D eigenvalue weighted by molar-refractivity contribution is -0.192. The quantitative estimate of drug-likeness (QED) is 0.606. The largest absolute Gasteiger partial charge is 0.497 e. The van der Waals surface area contributed by atoms with E-state index in [0.717, 1.165) is 62.6 Å². The van der Waals surface area contributed by atoms with Crippen LogP contribution in [-0.4, -0.2) is 72.0 Å². The number of rotatable bonds is 4. The van der Waals surface area contributed by atoms with Crippen molar-refractivity contribution in [3.05, 3.63) is 40.6 Å². The Morgan fingerprint density at radius 1 is 1.17 bits per heavy atom. The molecule has 4 rings (SSSR count). The number of halogens is 5. The lowest BCUT2D eigenvalue weighted by atomic mass is 10.1. The summed E-state index contributed by atoms with van der Waals surface area (Å²) in [6.45, 7) is 3.25. The van der Waals surface area contributed by atoms with Crippen molar-refractivity contribution in [1.29, 1.82) is 0 Å². The Hall–Kier alpha value is -2.86. The van der Waals surface area contributed by atoms with Gasteiger partial charge in [-0.2, -0.15) is 13.2 Å². The SMILES string of the molecule is COc1ccc(OC2CCN(c3nc4c(nc3Cl)CN(C)CC4)CC2)c(F)c1.O=C(O)C(F)(F)F. The van der Waals surface area contributed by atoms with E-state index < -0.39 is 18.0 Å². The minimum Gasteiger partial charge on any atom is -0.497 e. The van der Waals surface area contributed by atoms with E-state index in [9.17, 15) is 17.6 Å². The van der Waals surface area contributed by atoms with Crippen molar-refractivity contribution in [2.24, 2.45) is 0 Å². The number of methoxy groups -OCH3 is 1. The third-order valence-electron chi connectivity index (χ3n) is 5.56. The van der Waals surface area contributed by atoms with Gasteiger partial charge >= 0.3 is 12.1 Å². The fraction of sp³-hybridized carbons (Fsp3) is 0.500. The van der Waals surface area contributed by atoms with Crippen LogP contribution in [0.1, 0.15) is 24.2 Å². The Morgan fingerprint density at radius 2 is 1.83 bits per heavy atom. The molecule has 0 aliphatic carbocycles. The second kappa shape index (κ2) is 11.3. The Kier molecular flexibility index (Phi) is 8.60. The monoisotopic (exact) mass is 520 g/mol. The minimum atomic E-state index is -5.08. The highest BCUT2D eigenvalue weighted by Gasteiger charge is 2.38. The molecule has 1 fully saturated rings. The summed E-state index contributed by atoms with van der Waals surface area (Å²) in [5, 5.41) is 7.58. The standard InChI is InChI=1S/C20H24ClFN4O2.C2HF3O2/c1-25-8-7-16-17(12-25)23-19(21)20(24-16)26-9-5-13(6-10-26)28-18-4-3-14(27-2)11-15(18)22;3-2(4,5)1(6)7/h3-4,11,13H,5-10,12H2,1-2H3;(H,6,7). The van der Waals surface area contributed by atoms with Crippen LogP contribution in [0.2, 0.25) is 5.15 Å². The summed E-state index contributed by atoms with van der Waals surface area (Å²) in [7, 11) is 3.58. The molecule has 1 aromatic carbocycles. The molecular weight excluding hydrogens is 496 g/mol. The van der Waals surface area contributed by atoms with Gasteiger partial charge in [-0.1, -0.05) is 11.6 Å². The Morgan fingerprint density at radius 3 is 2.40 bits per heavy atom. The van der Waals surface area contributed by atoms with Crippen LogP contribution in [0.3, 0.4) is 0 Å². The van der Waals surface area contributed by atoms with Gasteiger partial charge in [0, 0.05) is 51.5 Å². The van der Waals surface area contributed by atoms with Crippen molar-refractivity contribution < 1.29 is 36.9 Å². The third-order valence-corrected chi connectivity index (χ3v) is 5.81. The van der Waals surface area contributed by atoms with E-state index >= 15 is 0 Å². The van der Waals surface area contributed by atoms with Gasteiger partial charge in [0.2, 0.25) is 0 Å². The normalized spacial score (nSPS) is 16.7. The number of benzene rings is 1. The number of likely N-dealkylation sites (N-methyl/N-ethyl adjacent to an activating group) is 1. The number of aromatic nitrogens is 2. The summed E-state index contributed by atoms with van der Waals surface area (Å²) in [5.41, 5.74) is 2.01. The predicted octanol–water partition coefficient (Wildman–Crippen LogP) is 3.95. The van der Waals surface area contributed by atoms with Crippen LogP contribution in [-0.2, 0) is 17.8 Å². The predicted molar refractivity (Wildman–Crippen MR) is 120 cm³/mol. The number of alkyl halides is 3. The number of carbonyl (C=O) groups is 1. The molecule has 192 valence electrons. The van der Waals surface area contributed by atoms with E-state index in [-0.39, 0.29) is 11.9 Å². The van der Waals surface area contributed by atoms with Crippen molar-refractivity contribution in [3.63, 3.8) is 0 Å². The first-order valence-electron chi connectivity index (χ1n) is 10.8. The molecule has 1 N–H and O–H groups in total. The van der Waals surface area contributed by atoms with Crippen LogP contribution in [0.4, 0.5) is 23.4 Å². The molecule has 8 nitrogen and oxygen atoms in total. The highest BCUT2D eigenvalue weighted by atomic mass is 35.5. The summed E-state index contributed by atoms with van der Waals surface area (Å²) >= 11 is 6.43. The van der Waals surface area contributed by atoms with Gasteiger partial charge in [-0.3, -0.25) is 0 Å². The first-order chi connectivity index (χ1) is 16.5. The number of piperidine rings is 1. The van der Waals surface area contributed by atoms with E-state index in [4.69, 9.17) is 36.0 Å². The maximum absolute atomic E-state index is 14.1. The molecule has 1 saturated heterocycles. The number of anilines is 1. The number of carboxylic acids is 1. The van der Waals surface area contributed by atoms with E-state index in [1.54, 1.807) is 12.1 Å². The van der Waals surface area contributed by atoms with Crippen LogP contribution >= 0.6 is 11.6 Å². The summed E-state index contributed by atoms with van der Waals surface area (Å²) in [4.78, 5) is 22.6. The van der Waals surface area contributed by atoms with E-state index in [0.29, 0.717) is 10.9 Å². The van der Waals surface area contributed by atoms with Crippen molar-refractivity contribution in [1.82, 2.24) is 14.9 Å². The van der Waals surface area contributed by atoms with Crippen LogP contribution < -0.4 is 14.4 Å². The summed E-state index contributed by atoms with van der Waals surface area (Å²) in [6, 6.07) is 4.65. The average molecular weight is 521 g/mol. The Labute approximate surface area is 204 Å². The molecule has 0 spiro atoms. The zero-order valence-electron chi connectivity index (χ0n) is 19.1. The summed E-state index contributed by atoms with van der Waals surface area (Å²) < 4.78 is 56.8. The van der Waals surface area contributed by atoms with Gasteiger partial charge in [-0.15, -0.1) is 0 Å². The number of aliphatic carboxylic acids is 1. The fourth-order valence-electron chi connectivity index (χ4n) is 3.70. The molecule has 0 amide bonds. The Bertz CT molecular complexity index is 1050. The van der Waals surface area contributed by atoms with Crippen molar-refractivity contribution in [2.45, 2.75) is 38.1 Å². The molecule has 0 unspecified atom stereocenters. The number of fused-ring (bicyclic) bond motifs is 1. The maximum atomic E-state index is 14.1. The van der Waals surface area contributed by atoms with Crippen LogP contribution in [0.25, 0.3) is 0 Å². The van der Waals surface area contributed by atoms with Gasteiger partial charge < -0.3 is 24.4 Å². The topological polar surface area (TPSA) is 88.0 Å². The van der Waals surface area contributed by atoms with E-state index in [1.807, 2.05) is 0 Å². The average Bonchev–Trinajstić information content (AvgIpc) is 2.80. The molecule has 2 aliphatic rings. The number of ether oxygens (including phenoxy) is 2. The maximum Gasteiger partial charge on any atom is 0.490 e. The van der Waals surface area contributed by atoms with Gasteiger partial charge in [0.25, 0.3) is 0 Å². The van der Waals surface area contributed by atoms with Gasteiger partial charge in [-0.25, -0.2) is 19.2 Å². The van der Waals surface area contributed by atoms with Crippen LogP contribution in [0, 0.1) is 5.82 Å². The second-order valence-electron chi connectivity index (χ2n) is 8.12. The lowest BCUT2D eigenvalue weighted by Crippen LogP contribution is -2.39. The molecule has 0 atom stereocenters.